The molecule has 1 aliphatic carbocycles. The highest BCUT2D eigenvalue weighted by Gasteiger charge is 2.45. The van der Waals surface area contributed by atoms with E-state index in [1.165, 1.54) is 0 Å². The molecule has 6 aliphatic rings. The molecule has 424 valence electrons. The lowest BCUT2D eigenvalue weighted by molar-refractivity contribution is -0.141. The van der Waals surface area contributed by atoms with Gasteiger partial charge >= 0.3 is 0 Å². The van der Waals surface area contributed by atoms with Gasteiger partial charge in [0.25, 0.3) is 0 Å². The van der Waals surface area contributed by atoms with Crippen molar-refractivity contribution in [1.29, 1.82) is 0 Å². The number of hydrogen-bond donors (Lipinski definition) is 4. The molecular formula is C60H77N13O6S. The van der Waals surface area contributed by atoms with E-state index in [1.807, 2.05) is 88.1 Å². The van der Waals surface area contributed by atoms with Crippen molar-refractivity contribution in [2.24, 2.45) is 11.8 Å². The van der Waals surface area contributed by atoms with Crippen molar-refractivity contribution in [1.82, 2.24) is 49.9 Å². The summed E-state index contributed by atoms with van der Waals surface area (Å²) in [7, 11) is 0. The molecule has 6 fully saturated rings. The number of imidazole rings is 1. The van der Waals surface area contributed by atoms with Crippen LogP contribution >= 0.6 is 11.3 Å². The summed E-state index contributed by atoms with van der Waals surface area (Å²) >= 11 is 1.60. The van der Waals surface area contributed by atoms with Gasteiger partial charge < -0.3 is 54.7 Å². The minimum Gasteiger partial charge on any atom is -0.507 e. The molecule has 2 amide bonds. The number of amides is 2. The molecule has 5 aliphatic heterocycles. The number of aromatic nitrogens is 6. The van der Waals surface area contributed by atoms with Gasteiger partial charge in [0.2, 0.25) is 11.8 Å². The number of thiazole rings is 1. The number of piperazine rings is 1. The third-order valence-corrected chi connectivity index (χ3v) is 19.2. The van der Waals surface area contributed by atoms with Crippen LogP contribution in [-0.2, 0) is 20.9 Å². The second kappa shape index (κ2) is 23.2. The molecule has 1 saturated carbocycles. The summed E-state index contributed by atoms with van der Waals surface area (Å²) in [5.74, 6) is 1.14. The molecule has 12 rings (SSSR count). The number of β-amino-alcohol motifs (C(OH)–C–C–N with tert-alkyl or cyclic N) is 1. The van der Waals surface area contributed by atoms with E-state index in [9.17, 15) is 19.8 Å². The van der Waals surface area contributed by atoms with E-state index in [0.717, 1.165) is 143 Å². The first-order valence-corrected chi connectivity index (χ1v) is 30.0. The molecule has 2 aromatic carbocycles. The van der Waals surface area contributed by atoms with E-state index >= 15 is 0 Å². The number of carbonyl (C=O) groups excluding carboxylic acids is 2. The molecule has 9 heterocycles. The van der Waals surface area contributed by atoms with Gasteiger partial charge in [-0.1, -0.05) is 55.4 Å². The van der Waals surface area contributed by atoms with Gasteiger partial charge in [0.15, 0.2) is 17.4 Å². The van der Waals surface area contributed by atoms with Gasteiger partial charge in [0.1, 0.15) is 17.7 Å². The monoisotopic (exact) mass is 1110 g/mol. The number of fused-ring (bicyclic) bond motifs is 2. The largest absolute Gasteiger partial charge is 0.507 e. The summed E-state index contributed by atoms with van der Waals surface area (Å²) in [5.41, 5.74) is 14.5. The number of phenolic OH excluding ortho intramolecular Hbond substituents is 1. The number of nitrogen functional groups attached to an aromatic ring is 1. The molecule has 19 nitrogen and oxygen atoms in total. The van der Waals surface area contributed by atoms with Crippen LogP contribution in [0, 0.1) is 18.8 Å². The van der Waals surface area contributed by atoms with Crippen molar-refractivity contribution < 1.29 is 29.1 Å². The number of hydrogen-bond acceptors (Lipinski definition) is 17. The zero-order valence-corrected chi connectivity index (χ0v) is 47.3. The first-order chi connectivity index (χ1) is 38.8. The number of aryl methyl sites for hydroxylation is 1. The van der Waals surface area contributed by atoms with E-state index in [1.54, 1.807) is 28.4 Å². The second-order valence-electron chi connectivity index (χ2n) is 23.9. The molecule has 6 atom stereocenters. The Labute approximate surface area is 472 Å². The molecule has 6 aromatic rings. The molecule has 80 heavy (non-hydrogen) atoms. The van der Waals surface area contributed by atoms with Crippen LogP contribution in [0.5, 0.6) is 5.75 Å². The maximum atomic E-state index is 14.4. The maximum Gasteiger partial charge on any atom is 0.243 e. The van der Waals surface area contributed by atoms with Crippen molar-refractivity contribution in [2.45, 2.75) is 146 Å². The van der Waals surface area contributed by atoms with Crippen LogP contribution in [0.4, 0.5) is 17.3 Å². The number of likely N-dealkylation sites (tertiary alicyclic amines) is 2. The number of carbonyl (C=O) groups is 2. The molecule has 2 bridgehead atoms. The quantitative estimate of drug-likeness (QED) is 0.0691. The van der Waals surface area contributed by atoms with Crippen LogP contribution in [0.3, 0.4) is 0 Å². The van der Waals surface area contributed by atoms with Gasteiger partial charge in [-0.3, -0.25) is 14.5 Å². The molecule has 5 N–H and O–H groups in total. The molecule has 0 spiro atoms. The standard InChI is InChI=1S/C60H77N13O6S/c1-36(2)56(60(77)73-33-46(74)25-52(73)59(76)64-37(3)40-9-11-41(12-10-40)57-38(4)63-35-80-57)54-27-55(67-79-54)69-21-15-39(16-22-69)28-68-19-17-47(18-20-68)78-48-23-45(24-48)71-29-42(62-34-71)30-72-43-13-14-44(72)32-70(31-43)51-26-50(65-66-58(51)61)49-7-5-6-8-53(49)75/h5-12,26-27,29,34-37,39,43-48,52,56,74-75H,13-25,28,30-33H2,1-4H3,(H2,61,66)(H,64,76)/t37-,43?,44?,45-,46+,48-,52-,56+/m0/s1. The minimum atomic E-state index is -0.799. The number of phenols is 1. The predicted octanol–water partition coefficient (Wildman–Crippen LogP) is 7.58. The Bertz CT molecular complexity index is 3090. The Morgan fingerprint density at radius 3 is 2.33 bits per heavy atom. The molecule has 5 saturated heterocycles. The highest BCUT2D eigenvalue weighted by Crippen LogP contribution is 2.40. The van der Waals surface area contributed by atoms with Crippen LogP contribution < -0.4 is 20.9 Å². The lowest BCUT2D eigenvalue weighted by Crippen LogP contribution is -2.53. The van der Waals surface area contributed by atoms with Gasteiger partial charge in [-0.25, -0.2) is 9.97 Å². The van der Waals surface area contributed by atoms with Crippen molar-refractivity contribution >= 4 is 40.5 Å². The van der Waals surface area contributed by atoms with E-state index in [4.69, 9.17) is 20.0 Å². The Balaban J connectivity index is 0.560. The van der Waals surface area contributed by atoms with Crippen LogP contribution in [0.25, 0.3) is 21.7 Å². The van der Waals surface area contributed by atoms with Crippen molar-refractivity contribution in [3.63, 3.8) is 0 Å². The Hall–Kier alpha value is -6.45. The van der Waals surface area contributed by atoms with Gasteiger partial charge in [0, 0.05) is 101 Å². The zero-order valence-electron chi connectivity index (χ0n) is 46.5. The highest BCUT2D eigenvalue weighted by atomic mass is 32.1. The molecule has 0 radical (unpaired) electrons. The molecular weight excluding hydrogens is 1030 g/mol. The number of rotatable bonds is 17. The Morgan fingerprint density at radius 2 is 1.61 bits per heavy atom. The fraction of sp³-hybridized carbons (Fsp3) is 0.550. The van der Waals surface area contributed by atoms with Gasteiger partial charge in [-0.15, -0.1) is 21.5 Å². The molecule has 20 heteroatoms. The zero-order chi connectivity index (χ0) is 55.2. The van der Waals surface area contributed by atoms with Crippen LogP contribution in [0.2, 0.25) is 0 Å². The number of aliphatic hydroxyl groups is 1. The average Bonchev–Trinajstić information content (AvgIpc) is 4.33. The fourth-order valence-electron chi connectivity index (χ4n) is 13.6. The van der Waals surface area contributed by atoms with Crippen molar-refractivity contribution in [3.05, 3.63) is 101 Å². The highest BCUT2D eigenvalue weighted by molar-refractivity contribution is 7.13. The topological polar surface area (TPSA) is 221 Å². The lowest BCUT2D eigenvalue weighted by Gasteiger charge is -2.42. The van der Waals surface area contributed by atoms with Gasteiger partial charge in [-0.2, -0.15) is 0 Å². The lowest BCUT2D eigenvalue weighted by atomic mass is 9.88. The number of nitrogens with two attached hydrogens (primary N) is 1. The molecule has 2 unspecified atom stereocenters. The summed E-state index contributed by atoms with van der Waals surface area (Å²) in [6.45, 7) is 15.5. The number of benzene rings is 2. The summed E-state index contributed by atoms with van der Waals surface area (Å²) in [5, 5.41) is 37.4. The van der Waals surface area contributed by atoms with E-state index in [-0.39, 0.29) is 42.5 Å². The van der Waals surface area contributed by atoms with Crippen molar-refractivity contribution in [3.8, 4) is 27.4 Å². The normalized spacial score (nSPS) is 24.9. The Morgan fingerprint density at radius 1 is 0.863 bits per heavy atom. The number of nitrogens with one attached hydrogen (secondary N) is 1. The summed E-state index contributed by atoms with van der Waals surface area (Å²) in [6, 6.07) is 19.3. The minimum absolute atomic E-state index is 0.0887. The summed E-state index contributed by atoms with van der Waals surface area (Å²) in [6.07, 6.45) is 12.8. The molecule has 4 aromatic heterocycles. The van der Waals surface area contributed by atoms with Gasteiger partial charge in [-0.05, 0) is 106 Å². The summed E-state index contributed by atoms with van der Waals surface area (Å²) < 4.78 is 15.0. The number of nitrogens with zero attached hydrogens (tertiary/aromatic N) is 11. The maximum absolute atomic E-state index is 14.4. The smallest absolute Gasteiger partial charge is 0.243 e. The number of anilines is 3. The fourth-order valence-corrected chi connectivity index (χ4v) is 14.4. The number of aromatic hydroxyl groups is 1. The van der Waals surface area contributed by atoms with Crippen LogP contribution in [-0.4, -0.2) is 155 Å². The summed E-state index contributed by atoms with van der Waals surface area (Å²) in [4.78, 5) is 50.0. The first kappa shape index (κ1) is 54.2. The van der Waals surface area contributed by atoms with Crippen molar-refractivity contribution in [2.75, 3.05) is 67.9 Å². The van der Waals surface area contributed by atoms with E-state index in [2.05, 4.69) is 56.0 Å². The SMILES string of the molecule is Cc1ncsc1-c1ccc([C@H](C)NC(=O)[C@@H]2C[C@@H](O)CN2C(=O)[C@@H](c2cc(N3CCC(CN4CCC(O[C@H]5C[C@H](n6cnc(CN7C8CCC7CN(c7cc(-c9ccccc9O)nnc7N)C8)c6)C5)CC4)CC3)no2)C(C)C)cc1. The van der Waals surface area contributed by atoms with E-state index < -0.39 is 18.1 Å². The predicted molar refractivity (Wildman–Crippen MR) is 307 cm³/mol. The average molecular weight is 1110 g/mol. The Kier molecular flexibility index (Phi) is 15.7. The third-order valence-electron chi connectivity index (χ3n) is 18.2. The van der Waals surface area contributed by atoms with Gasteiger partial charge in [0.05, 0.1) is 63.8 Å². The number of piperidine rings is 2. The van der Waals surface area contributed by atoms with Crippen LogP contribution in [0.1, 0.15) is 119 Å². The van der Waals surface area contributed by atoms with Crippen LogP contribution in [0.15, 0.2) is 83.2 Å². The number of ether oxygens (including phenoxy) is 1. The number of para-hydroxylation sites is 1. The second-order valence-corrected chi connectivity index (χ2v) is 24.8. The number of aliphatic hydroxyl groups excluding tert-OH is 1. The van der Waals surface area contributed by atoms with E-state index in [0.29, 0.717) is 59.1 Å². The first-order valence-electron chi connectivity index (χ1n) is 29.1. The third kappa shape index (κ3) is 11.4.